The van der Waals surface area contributed by atoms with Gasteiger partial charge in [0.1, 0.15) is 0 Å². The Morgan fingerprint density at radius 2 is 1.89 bits per heavy atom. The number of H-pyrrole nitrogens is 1. The second-order valence-electron chi connectivity index (χ2n) is 5.86. The molecule has 6 nitrogen and oxygen atoms in total. The van der Waals surface area contributed by atoms with Crippen molar-refractivity contribution in [1.29, 1.82) is 0 Å². The molecule has 0 spiro atoms. The summed E-state index contributed by atoms with van der Waals surface area (Å²) in [7, 11) is 0. The molecule has 3 rings (SSSR count). The number of carboxylic acid groups (broad SMARTS) is 1. The fourth-order valence-corrected chi connectivity index (χ4v) is 2.67. The summed E-state index contributed by atoms with van der Waals surface area (Å²) in [5.41, 5.74) is 0.337. The average Bonchev–Trinajstić information content (AvgIpc) is 3.06. The molecular formula is C18H13F3N2O4. The van der Waals surface area contributed by atoms with E-state index in [1.165, 1.54) is 12.1 Å². The van der Waals surface area contributed by atoms with E-state index in [-0.39, 0.29) is 17.8 Å². The molecule has 0 aliphatic heterocycles. The topological polar surface area (TPSA) is 96.2 Å². The number of aromatic nitrogens is 2. The molecule has 0 radical (unpaired) electrons. The predicted molar refractivity (Wildman–Crippen MR) is 88.1 cm³/mol. The number of carbonyl (C=O) groups is 1. The van der Waals surface area contributed by atoms with Crippen LogP contribution in [0.25, 0.3) is 11.4 Å². The lowest BCUT2D eigenvalue weighted by atomic mass is 9.90. The number of carboxylic acids is 1. The van der Waals surface area contributed by atoms with Crippen LogP contribution in [0.3, 0.4) is 0 Å². The van der Waals surface area contributed by atoms with Crippen molar-refractivity contribution in [2.75, 3.05) is 0 Å². The van der Waals surface area contributed by atoms with E-state index in [4.69, 9.17) is 0 Å². The molecule has 1 unspecified atom stereocenters. The molecule has 3 aromatic rings. The van der Waals surface area contributed by atoms with Gasteiger partial charge in [-0.3, -0.25) is 14.3 Å². The Labute approximate surface area is 150 Å². The molecule has 1 heterocycles. The van der Waals surface area contributed by atoms with Crippen LogP contribution in [0, 0.1) is 0 Å². The number of alkyl halides is 3. The van der Waals surface area contributed by atoms with Crippen molar-refractivity contribution in [2.24, 2.45) is 0 Å². The molecule has 27 heavy (non-hydrogen) atoms. The molecule has 0 saturated heterocycles. The lowest BCUT2D eigenvalue weighted by Gasteiger charge is -2.15. The van der Waals surface area contributed by atoms with Gasteiger partial charge in [-0.05, 0) is 23.6 Å². The SMILES string of the molecule is O=C(O)C(Cc1ccc(-c2noc(=O)[nH]2)cc1)c1cccc(C(F)(F)F)c1. The third-order valence-electron chi connectivity index (χ3n) is 4.02. The lowest BCUT2D eigenvalue weighted by Crippen LogP contribution is -2.16. The Morgan fingerprint density at radius 1 is 1.19 bits per heavy atom. The van der Waals surface area contributed by atoms with Gasteiger partial charge in [-0.2, -0.15) is 13.2 Å². The zero-order valence-corrected chi connectivity index (χ0v) is 13.7. The summed E-state index contributed by atoms with van der Waals surface area (Å²) >= 11 is 0. The van der Waals surface area contributed by atoms with Crippen molar-refractivity contribution in [3.8, 4) is 11.4 Å². The molecule has 2 aromatic carbocycles. The average molecular weight is 378 g/mol. The maximum atomic E-state index is 12.9. The molecule has 0 amide bonds. The van der Waals surface area contributed by atoms with Gasteiger partial charge >= 0.3 is 17.9 Å². The Kier molecular flexibility index (Phi) is 4.85. The first-order valence-electron chi connectivity index (χ1n) is 7.79. The standard InChI is InChI=1S/C18H13F3N2O4/c19-18(20,21)13-3-1-2-12(9-13)14(16(24)25)8-10-4-6-11(7-5-10)15-22-17(26)27-23-15/h1-7,9,14H,8H2,(H,24,25)(H,22,23,26). The molecule has 0 aliphatic carbocycles. The minimum atomic E-state index is -4.55. The number of benzene rings is 2. The number of hydrogen-bond acceptors (Lipinski definition) is 4. The van der Waals surface area contributed by atoms with Crippen LogP contribution in [0.2, 0.25) is 0 Å². The quantitative estimate of drug-likeness (QED) is 0.709. The van der Waals surface area contributed by atoms with Crippen molar-refractivity contribution in [2.45, 2.75) is 18.5 Å². The van der Waals surface area contributed by atoms with Gasteiger partial charge < -0.3 is 5.11 Å². The van der Waals surface area contributed by atoms with Crippen LogP contribution in [0.5, 0.6) is 0 Å². The number of nitrogens with one attached hydrogen (secondary N) is 1. The molecule has 0 aliphatic rings. The highest BCUT2D eigenvalue weighted by Gasteiger charge is 2.32. The maximum absolute atomic E-state index is 12.9. The first kappa shape index (κ1) is 18.4. The van der Waals surface area contributed by atoms with Gasteiger partial charge in [-0.25, -0.2) is 4.79 Å². The summed E-state index contributed by atoms with van der Waals surface area (Å²) in [4.78, 5) is 25.0. The van der Waals surface area contributed by atoms with Crippen LogP contribution >= 0.6 is 0 Å². The molecule has 0 saturated carbocycles. The van der Waals surface area contributed by atoms with Gasteiger partial charge in [-0.15, -0.1) is 0 Å². The highest BCUT2D eigenvalue weighted by molar-refractivity contribution is 5.76. The Balaban J connectivity index is 1.85. The van der Waals surface area contributed by atoms with E-state index < -0.39 is 29.4 Å². The Hall–Kier alpha value is -3.36. The number of rotatable bonds is 5. The lowest BCUT2D eigenvalue weighted by molar-refractivity contribution is -0.140. The van der Waals surface area contributed by atoms with Crippen molar-refractivity contribution >= 4 is 5.97 Å². The summed E-state index contributed by atoms with van der Waals surface area (Å²) < 4.78 is 43.1. The number of hydrogen-bond donors (Lipinski definition) is 2. The summed E-state index contributed by atoms with van der Waals surface area (Å²) in [5.74, 6) is -2.84. The van der Waals surface area contributed by atoms with E-state index in [9.17, 15) is 27.9 Å². The van der Waals surface area contributed by atoms with E-state index in [1.807, 2.05) is 0 Å². The van der Waals surface area contributed by atoms with Crippen LogP contribution in [-0.4, -0.2) is 21.2 Å². The first-order valence-corrected chi connectivity index (χ1v) is 7.79. The van der Waals surface area contributed by atoms with Crippen LogP contribution in [0.1, 0.15) is 22.6 Å². The number of aliphatic carboxylic acids is 1. The molecule has 9 heteroatoms. The third kappa shape index (κ3) is 4.25. The third-order valence-corrected chi connectivity index (χ3v) is 4.02. The van der Waals surface area contributed by atoms with Crippen LogP contribution < -0.4 is 5.76 Å². The second kappa shape index (κ2) is 7.10. The largest absolute Gasteiger partial charge is 0.481 e. The molecule has 0 fully saturated rings. The molecule has 1 aromatic heterocycles. The minimum Gasteiger partial charge on any atom is -0.481 e. The fourth-order valence-electron chi connectivity index (χ4n) is 2.67. The maximum Gasteiger partial charge on any atom is 0.439 e. The normalized spacial score (nSPS) is 12.7. The highest BCUT2D eigenvalue weighted by atomic mass is 19.4. The predicted octanol–water partition coefficient (Wildman–Crippen LogP) is 3.46. The summed E-state index contributed by atoms with van der Waals surface area (Å²) in [5, 5.41) is 13.0. The monoisotopic (exact) mass is 378 g/mol. The Morgan fingerprint density at radius 3 is 2.44 bits per heavy atom. The first-order chi connectivity index (χ1) is 12.7. The minimum absolute atomic E-state index is 0.00621. The van der Waals surface area contributed by atoms with E-state index in [2.05, 4.69) is 14.7 Å². The smallest absolute Gasteiger partial charge is 0.439 e. The van der Waals surface area contributed by atoms with E-state index in [0.29, 0.717) is 11.1 Å². The zero-order chi connectivity index (χ0) is 19.6. The van der Waals surface area contributed by atoms with Gasteiger partial charge in [0.2, 0.25) is 0 Å². The van der Waals surface area contributed by atoms with Gasteiger partial charge in [0, 0.05) is 5.56 Å². The molecule has 2 N–H and O–H groups in total. The molecule has 0 bridgehead atoms. The summed E-state index contributed by atoms with van der Waals surface area (Å²) in [6, 6.07) is 10.8. The fraction of sp³-hybridized carbons (Fsp3) is 0.167. The van der Waals surface area contributed by atoms with Crippen LogP contribution in [-0.2, 0) is 17.4 Å². The van der Waals surface area contributed by atoms with Gasteiger partial charge in [-0.1, -0.05) is 47.6 Å². The van der Waals surface area contributed by atoms with Crippen molar-refractivity contribution < 1.29 is 27.6 Å². The van der Waals surface area contributed by atoms with Gasteiger partial charge in [0.05, 0.1) is 11.5 Å². The summed E-state index contributed by atoms with van der Waals surface area (Å²) in [6.07, 6.45) is -4.54. The van der Waals surface area contributed by atoms with Crippen molar-refractivity contribution in [1.82, 2.24) is 10.1 Å². The second-order valence-corrected chi connectivity index (χ2v) is 5.86. The van der Waals surface area contributed by atoms with Gasteiger partial charge in [0.15, 0.2) is 5.82 Å². The number of aromatic amines is 1. The molecule has 140 valence electrons. The van der Waals surface area contributed by atoms with Crippen molar-refractivity contribution in [3.05, 3.63) is 75.8 Å². The zero-order valence-electron chi connectivity index (χ0n) is 13.7. The molecular weight excluding hydrogens is 365 g/mol. The van der Waals surface area contributed by atoms with Crippen LogP contribution in [0.4, 0.5) is 13.2 Å². The number of halogens is 3. The van der Waals surface area contributed by atoms with E-state index in [1.54, 1.807) is 24.3 Å². The number of nitrogens with zero attached hydrogens (tertiary/aromatic N) is 1. The van der Waals surface area contributed by atoms with E-state index in [0.717, 1.165) is 12.1 Å². The molecule has 1 atom stereocenters. The highest BCUT2D eigenvalue weighted by Crippen LogP contribution is 2.32. The van der Waals surface area contributed by atoms with Crippen LogP contribution in [0.15, 0.2) is 57.8 Å². The Bertz CT molecular complexity index is 1010. The van der Waals surface area contributed by atoms with Crippen molar-refractivity contribution in [3.63, 3.8) is 0 Å². The van der Waals surface area contributed by atoms with Gasteiger partial charge in [0.25, 0.3) is 0 Å². The summed E-state index contributed by atoms with van der Waals surface area (Å²) in [6.45, 7) is 0. The van der Waals surface area contributed by atoms with E-state index >= 15 is 0 Å².